The number of rotatable bonds is 12. The van der Waals surface area contributed by atoms with Crippen LogP contribution in [-0.4, -0.2) is 40.6 Å². The monoisotopic (exact) mass is 591 g/mol. The Labute approximate surface area is 241 Å². The lowest BCUT2D eigenvalue weighted by Gasteiger charge is -2.29. The first-order valence-corrected chi connectivity index (χ1v) is 15.4. The number of sulfonamides is 1. The molecule has 0 radical (unpaired) electrons. The maximum atomic E-state index is 13.3. The highest BCUT2D eigenvalue weighted by molar-refractivity contribution is 7.89. The lowest BCUT2D eigenvalue weighted by Crippen LogP contribution is -2.44. The predicted octanol–water partition coefficient (Wildman–Crippen LogP) is 5.09. The van der Waals surface area contributed by atoms with Crippen molar-refractivity contribution in [2.24, 2.45) is 5.92 Å². The van der Waals surface area contributed by atoms with E-state index in [1.165, 1.54) is 29.3 Å². The summed E-state index contributed by atoms with van der Waals surface area (Å²) in [6, 6.07) is 9.85. The first-order valence-electron chi connectivity index (χ1n) is 13.2. The number of benzene rings is 2. The highest BCUT2D eigenvalue weighted by atomic mass is 35.5. The quantitative estimate of drug-likeness (QED) is 0.299. The van der Waals surface area contributed by atoms with Gasteiger partial charge in [0.2, 0.25) is 15.9 Å². The minimum atomic E-state index is -3.94. The predicted molar refractivity (Wildman–Crippen MR) is 155 cm³/mol. The standard InChI is InChI=1S/C29H35Cl2N3O4S/c1-38-15-14-32-19-20-10-12-24-22(16-20)8-5-9-27(24)33-29(35)18-28(21-6-3-2-4-7-21)34-39(36,37)23-11-13-25(30)26(31)17-23/h2-4,6,10-13,16-17,21,27-28,32,34H,5,7-9,14-15,18-19H2,1H3,(H,33,35)/t21?,27-,28+/m0/s1. The second-order valence-corrected chi connectivity index (χ2v) is 12.5. The minimum Gasteiger partial charge on any atom is -0.383 e. The number of allylic oxidation sites excluding steroid dienone is 3. The molecule has 3 N–H and O–H groups in total. The van der Waals surface area contributed by atoms with E-state index in [4.69, 9.17) is 27.9 Å². The van der Waals surface area contributed by atoms with Crippen molar-refractivity contribution in [3.05, 3.63) is 87.4 Å². The number of hydrogen-bond donors (Lipinski definition) is 3. The van der Waals surface area contributed by atoms with Crippen LogP contribution in [-0.2, 0) is 32.5 Å². The molecule has 0 saturated heterocycles. The number of ether oxygens (including phenoxy) is 1. The molecule has 210 valence electrons. The smallest absolute Gasteiger partial charge is 0.240 e. The van der Waals surface area contributed by atoms with Crippen LogP contribution in [0, 0.1) is 5.92 Å². The number of halogens is 2. The van der Waals surface area contributed by atoms with Crippen molar-refractivity contribution in [3.63, 3.8) is 0 Å². The van der Waals surface area contributed by atoms with E-state index >= 15 is 0 Å². The van der Waals surface area contributed by atoms with Crippen molar-refractivity contribution in [1.82, 2.24) is 15.4 Å². The molecule has 0 heterocycles. The first-order chi connectivity index (χ1) is 18.8. The molecule has 0 bridgehead atoms. The normalized spacial score (nSPS) is 19.5. The minimum absolute atomic E-state index is 0.00589. The summed E-state index contributed by atoms with van der Waals surface area (Å²) in [5.41, 5.74) is 3.57. The SMILES string of the molecule is COCCNCc1ccc2c(c1)CCC[C@@H]2NC(=O)C[C@@H](NS(=O)(=O)c1ccc(Cl)c(Cl)c1)C1C=CC=CC1. The van der Waals surface area contributed by atoms with E-state index in [1.54, 1.807) is 7.11 Å². The molecule has 10 heteroatoms. The van der Waals surface area contributed by atoms with E-state index < -0.39 is 16.1 Å². The molecule has 2 aliphatic rings. The van der Waals surface area contributed by atoms with Crippen LogP contribution < -0.4 is 15.4 Å². The molecular weight excluding hydrogens is 557 g/mol. The number of methoxy groups -OCH3 is 1. The van der Waals surface area contributed by atoms with E-state index in [0.717, 1.165) is 37.9 Å². The molecule has 0 aromatic heterocycles. The second-order valence-electron chi connectivity index (χ2n) is 9.94. The van der Waals surface area contributed by atoms with Gasteiger partial charge in [-0.1, -0.05) is 65.7 Å². The molecule has 2 aromatic rings. The third-order valence-corrected chi connectivity index (χ3v) is 9.34. The Hall–Kier alpha value is -2.20. The van der Waals surface area contributed by atoms with Crippen molar-refractivity contribution in [1.29, 1.82) is 0 Å². The molecule has 0 fully saturated rings. The third kappa shape index (κ3) is 8.16. The van der Waals surface area contributed by atoms with Gasteiger partial charge in [0.05, 0.1) is 27.6 Å². The van der Waals surface area contributed by atoms with Gasteiger partial charge in [0.15, 0.2) is 0 Å². The number of hydrogen-bond acceptors (Lipinski definition) is 5. The van der Waals surface area contributed by atoms with Crippen LogP contribution in [0.2, 0.25) is 10.0 Å². The van der Waals surface area contributed by atoms with Gasteiger partial charge in [0.25, 0.3) is 0 Å². The summed E-state index contributed by atoms with van der Waals surface area (Å²) in [7, 11) is -2.25. The zero-order valence-electron chi connectivity index (χ0n) is 22.0. The van der Waals surface area contributed by atoms with Crippen LogP contribution in [0.1, 0.15) is 48.4 Å². The molecule has 2 aromatic carbocycles. The van der Waals surface area contributed by atoms with Crippen LogP contribution in [0.15, 0.2) is 65.6 Å². The maximum absolute atomic E-state index is 13.3. The Bertz CT molecular complexity index is 1330. The van der Waals surface area contributed by atoms with Gasteiger partial charge in [-0.2, -0.15) is 0 Å². The summed E-state index contributed by atoms with van der Waals surface area (Å²) in [6.45, 7) is 2.21. The molecule has 7 nitrogen and oxygen atoms in total. The van der Waals surface area contributed by atoms with Crippen molar-refractivity contribution in [2.75, 3.05) is 20.3 Å². The van der Waals surface area contributed by atoms with Gasteiger partial charge in [0.1, 0.15) is 0 Å². The number of fused-ring (bicyclic) bond motifs is 1. The van der Waals surface area contributed by atoms with Crippen molar-refractivity contribution < 1.29 is 17.9 Å². The lowest BCUT2D eigenvalue weighted by atomic mass is 9.86. The van der Waals surface area contributed by atoms with Crippen LogP contribution in [0.25, 0.3) is 0 Å². The molecule has 4 rings (SSSR count). The molecule has 0 aliphatic heterocycles. The largest absolute Gasteiger partial charge is 0.383 e. The van der Waals surface area contributed by atoms with Crippen LogP contribution in [0.5, 0.6) is 0 Å². The van der Waals surface area contributed by atoms with Crippen LogP contribution in [0.4, 0.5) is 0 Å². The van der Waals surface area contributed by atoms with Gasteiger partial charge in [-0.05, 0) is 66.5 Å². The molecule has 1 amide bonds. The Kier molecular flexibility index (Phi) is 10.6. The average Bonchev–Trinajstić information content (AvgIpc) is 2.92. The number of carbonyl (C=O) groups is 1. The third-order valence-electron chi connectivity index (χ3n) is 7.11. The van der Waals surface area contributed by atoms with Gasteiger partial charge in [0, 0.05) is 32.7 Å². The van der Waals surface area contributed by atoms with Crippen LogP contribution >= 0.6 is 23.2 Å². The average molecular weight is 593 g/mol. The summed E-state index contributed by atoms with van der Waals surface area (Å²) in [5, 5.41) is 6.97. The maximum Gasteiger partial charge on any atom is 0.240 e. The van der Waals surface area contributed by atoms with Gasteiger partial charge in [-0.15, -0.1) is 0 Å². The van der Waals surface area contributed by atoms with Gasteiger partial charge in [-0.3, -0.25) is 4.79 Å². The number of amides is 1. The molecule has 39 heavy (non-hydrogen) atoms. The van der Waals surface area contributed by atoms with E-state index in [0.29, 0.717) is 13.0 Å². The summed E-state index contributed by atoms with van der Waals surface area (Å²) >= 11 is 12.0. The number of aryl methyl sites for hydroxylation is 1. The summed E-state index contributed by atoms with van der Waals surface area (Å²) in [6.07, 6.45) is 11.1. The second kappa shape index (κ2) is 13.9. The lowest BCUT2D eigenvalue weighted by molar-refractivity contribution is -0.122. The molecule has 0 spiro atoms. The first kappa shape index (κ1) is 29.8. The fourth-order valence-corrected chi connectivity index (χ4v) is 6.75. The highest BCUT2D eigenvalue weighted by Gasteiger charge is 2.30. The summed E-state index contributed by atoms with van der Waals surface area (Å²) in [4.78, 5) is 13.3. The molecular formula is C29H35Cl2N3O4S. The number of nitrogens with one attached hydrogen (secondary N) is 3. The number of carbonyl (C=O) groups excluding carboxylic acids is 1. The summed E-state index contributed by atoms with van der Waals surface area (Å²) < 4.78 is 34.3. The van der Waals surface area contributed by atoms with Crippen molar-refractivity contribution in [3.8, 4) is 0 Å². The van der Waals surface area contributed by atoms with E-state index in [-0.39, 0.29) is 39.2 Å². The van der Waals surface area contributed by atoms with Gasteiger partial charge < -0.3 is 15.4 Å². The van der Waals surface area contributed by atoms with Crippen molar-refractivity contribution >= 4 is 39.1 Å². The molecule has 3 atom stereocenters. The topological polar surface area (TPSA) is 96.5 Å². The van der Waals surface area contributed by atoms with Crippen LogP contribution in [0.3, 0.4) is 0 Å². The molecule has 0 saturated carbocycles. The summed E-state index contributed by atoms with van der Waals surface area (Å²) in [5.74, 6) is -0.354. The highest BCUT2D eigenvalue weighted by Crippen LogP contribution is 2.31. The fourth-order valence-electron chi connectivity index (χ4n) is 5.08. The zero-order chi connectivity index (χ0) is 27.8. The van der Waals surface area contributed by atoms with Gasteiger partial charge in [-0.25, -0.2) is 13.1 Å². The van der Waals surface area contributed by atoms with Gasteiger partial charge >= 0.3 is 0 Å². The van der Waals surface area contributed by atoms with E-state index in [1.807, 2.05) is 24.3 Å². The zero-order valence-corrected chi connectivity index (χ0v) is 24.3. The van der Waals surface area contributed by atoms with E-state index in [2.05, 4.69) is 33.6 Å². The fraction of sp³-hybridized carbons (Fsp3) is 0.414. The van der Waals surface area contributed by atoms with Crippen molar-refractivity contribution in [2.45, 2.75) is 55.6 Å². The Morgan fingerprint density at radius 1 is 1.13 bits per heavy atom. The Balaban J connectivity index is 1.45. The molecule has 2 aliphatic carbocycles. The molecule has 1 unspecified atom stereocenters. The van der Waals surface area contributed by atoms with E-state index in [9.17, 15) is 13.2 Å². The Morgan fingerprint density at radius 3 is 2.72 bits per heavy atom. The Morgan fingerprint density at radius 2 is 1.97 bits per heavy atom.